The molecular formula is C17H23N3OS. The van der Waals surface area contributed by atoms with E-state index < -0.39 is 0 Å². The number of nitrogens with one attached hydrogen (secondary N) is 1. The maximum atomic E-state index is 12.4. The molecule has 0 unspecified atom stereocenters. The van der Waals surface area contributed by atoms with Gasteiger partial charge in [-0.2, -0.15) is 0 Å². The van der Waals surface area contributed by atoms with E-state index in [0.717, 1.165) is 10.7 Å². The molecule has 0 aliphatic carbocycles. The van der Waals surface area contributed by atoms with Gasteiger partial charge in [0.2, 0.25) is 0 Å². The highest BCUT2D eigenvalue weighted by molar-refractivity contribution is 7.10. The predicted octanol–water partition coefficient (Wildman–Crippen LogP) is 3.96. The summed E-state index contributed by atoms with van der Waals surface area (Å²) in [6, 6.07) is 4.06. The van der Waals surface area contributed by atoms with Crippen molar-refractivity contribution >= 4 is 17.2 Å². The van der Waals surface area contributed by atoms with Gasteiger partial charge in [-0.15, -0.1) is 11.3 Å². The van der Waals surface area contributed by atoms with Crippen LogP contribution in [0.1, 0.15) is 61.7 Å². The Morgan fingerprint density at radius 3 is 2.32 bits per heavy atom. The summed E-state index contributed by atoms with van der Waals surface area (Å²) >= 11 is 1.66. The van der Waals surface area contributed by atoms with Crippen molar-refractivity contribution < 1.29 is 4.79 Å². The molecule has 0 aliphatic heterocycles. The average Bonchev–Trinajstić information content (AvgIpc) is 2.97. The van der Waals surface area contributed by atoms with Gasteiger partial charge in [-0.25, -0.2) is 9.97 Å². The van der Waals surface area contributed by atoms with Crippen LogP contribution in [0.15, 0.2) is 29.9 Å². The van der Waals surface area contributed by atoms with Crippen molar-refractivity contribution in [2.24, 2.45) is 5.92 Å². The number of nitrogens with zero attached hydrogens (tertiary/aromatic N) is 2. The summed E-state index contributed by atoms with van der Waals surface area (Å²) in [5.41, 5.74) is 0.377. The van der Waals surface area contributed by atoms with E-state index in [2.05, 4.69) is 35.2 Å². The normalized spacial score (nSPS) is 13.2. The Hall–Kier alpha value is -1.75. The van der Waals surface area contributed by atoms with Crippen LogP contribution in [-0.4, -0.2) is 15.9 Å². The minimum Gasteiger partial charge on any atom is -0.344 e. The molecule has 0 spiro atoms. The van der Waals surface area contributed by atoms with Gasteiger partial charge in [0.15, 0.2) is 0 Å². The molecule has 0 aliphatic rings. The molecule has 118 valence electrons. The number of aromatic nitrogens is 2. The maximum absolute atomic E-state index is 12.4. The van der Waals surface area contributed by atoms with E-state index in [0.29, 0.717) is 11.5 Å². The second kappa shape index (κ2) is 6.57. The Morgan fingerprint density at radius 1 is 1.23 bits per heavy atom. The Bertz CT molecular complexity index is 612. The zero-order chi connectivity index (χ0) is 16.3. The summed E-state index contributed by atoms with van der Waals surface area (Å²) < 4.78 is 0. The standard InChI is InChI=1S/C17H23N3OS/c1-11(2)14(13-7-6-8-22-13)20-15(21)12-9-18-16(19-10-12)17(3,4)5/h6-11,14H,1-5H3,(H,20,21)/t14-/m1/s1. The number of amides is 1. The van der Waals surface area contributed by atoms with Crippen molar-refractivity contribution in [2.45, 2.75) is 46.1 Å². The van der Waals surface area contributed by atoms with Gasteiger partial charge in [0, 0.05) is 22.7 Å². The molecule has 1 N–H and O–H groups in total. The predicted molar refractivity (Wildman–Crippen MR) is 90.1 cm³/mol. The molecular weight excluding hydrogens is 294 g/mol. The monoisotopic (exact) mass is 317 g/mol. The first kappa shape index (κ1) is 16.6. The van der Waals surface area contributed by atoms with Crippen LogP contribution in [0.4, 0.5) is 0 Å². The molecule has 22 heavy (non-hydrogen) atoms. The average molecular weight is 317 g/mol. The number of carbonyl (C=O) groups excluding carboxylic acids is 1. The van der Waals surface area contributed by atoms with Gasteiger partial charge in [0.25, 0.3) is 5.91 Å². The smallest absolute Gasteiger partial charge is 0.254 e. The number of hydrogen-bond acceptors (Lipinski definition) is 4. The van der Waals surface area contributed by atoms with Gasteiger partial charge in [-0.1, -0.05) is 40.7 Å². The first-order valence-corrected chi connectivity index (χ1v) is 8.34. The maximum Gasteiger partial charge on any atom is 0.254 e. The summed E-state index contributed by atoms with van der Waals surface area (Å²) in [6.45, 7) is 10.3. The highest BCUT2D eigenvalue weighted by atomic mass is 32.1. The lowest BCUT2D eigenvalue weighted by Gasteiger charge is -2.21. The van der Waals surface area contributed by atoms with Crippen LogP contribution in [0.25, 0.3) is 0 Å². The molecule has 2 aromatic rings. The third kappa shape index (κ3) is 3.91. The fourth-order valence-corrected chi connectivity index (χ4v) is 3.04. The molecule has 1 atom stereocenters. The van der Waals surface area contributed by atoms with Crippen molar-refractivity contribution in [2.75, 3.05) is 0 Å². The quantitative estimate of drug-likeness (QED) is 0.928. The van der Waals surface area contributed by atoms with E-state index in [4.69, 9.17) is 0 Å². The number of carbonyl (C=O) groups is 1. The number of thiophene rings is 1. The molecule has 0 radical (unpaired) electrons. The number of hydrogen-bond donors (Lipinski definition) is 1. The molecule has 2 aromatic heterocycles. The van der Waals surface area contributed by atoms with Crippen LogP contribution >= 0.6 is 11.3 Å². The Balaban J connectivity index is 2.14. The second-order valence-electron chi connectivity index (χ2n) is 6.76. The summed E-state index contributed by atoms with van der Waals surface area (Å²) in [5.74, 6) is 0.924. The fourth-order valence-electron chi connectivity index (χ4n) is 2.09. The zero-order valence-corrected chi connectivity index (χ0v) is 14.6. The SMILES string of the molecule is CC(C)[C@@H](NC(=O)c1cnc(C(C)(C)C)nc1)c1cccs1. The minimum atomic E-state index is -0.132. The Morgan fingerprint density at radius 2 is 1.86 bits per heavy atom. The molecule has 2 rings (SSSR count). The van der Waals surface area contributed by atoms with Crippen LogP contribution in [0.5, 0.6) is 0 Å². The lowest BCUT2D eigenvalue weighted by Crippen LogP contribution is -2.31. The first-order valence-electron chi connectivity index (χ1n) is 7.46. The van der Waals surface area contributed by atoms with Crippen LogP contribution in [0, 0.1) is 5.92 Å². The molecule has 5 heteroatoms. The van der Waals surface area contributed by atoms with Crippen molar-refractivity contribution in [1.29, 1.82) is 0 Å². The van der Waals surface area contributed by atoms with Gasteiger partial charge >= 0.3 is 0 Å². The van der Waals surface area contributed by atoms with Crippen molar-refractivity contribution in [3.63, 3.8) is 0 Å². The molecule has 0 saturated carbocycles. The van der Waals surface area contributed by atoms with Crippen LogP contribution in [0.3, 0.4) is 0 Å². The largest absolute Gasteiger partial charge is 0.344 e. The van der Waals surface area contributed by atoms with Gasteiger partial charge in [0.1, 0.15) is 5.82 Å². The summed E-state index contributed by atoms with van der Waals surface area (Å²) in [7, 11) is 0. The van der Waals surface area contributed by atoms with E-state index in [1.165, 1.54) is 0 Å². The van der Waals surface area contributed by atoms with E-state index in [-0.39, 0.29) is 17.4 Å². The molecule has 0 bridgehead atoms. The molecule has 0 saturated heterocycles. The van der Waals surface area contributed by atoms with E-state index >= 15 is 0 Å². The highest BCUT2D eigenvalue weighted by Crippen LogP contribution is 2.26. The summed E-state index contributed by atoms with van der Waals surface area (Å²) in [6.07, 6.45) is 3.21. The fraction of sp³-hybridized carbons (Fsp3) is 0.471. The molecule has 0 fully saturated rings. The lowest BCUT2D eigenvalue weighted by molar-refractivity contribution is 0.0925. The van der Waals surface area contributed by atoms with E-state index in [1.807, 2.05) is 32.2 Å². The summed E-state index contributed by atoms with van der Waals surface area (Å²) in [4.78, 5) is 22.2. The topological polar surface area (TPSA) is 54.9 Å². The Labute approximate surface area is 136 Å². The van der Waals surface area contributed by atoms with Crippen LogP contribution < -0.4 is 5.32 Å². The van der Waals surface area contributed by atoms with E-state index in [1.54, 1.807) is 23.7 Å². The van der Waals surface area contributed by atoms with Crippen LogP contribution in [0.2, 0.25) is 0 Å². The van der Waals surface area contributed by atoms with Crippen molar-refractivity contribution in [1.82, 2.24) is 15.3 Å². The third-order valence-electron chi connectivity index (χ3n) is 3.39. The van der Waals surface area contributed by atoms with Crippen molar-refractivity contribution in [3.8, 4) is 0 Å². The second-order valence-corrected chi connectivity index (χ2v) is 7.74. The van der Waals surface area contributed by atoms with Crippen LogP contribution in [-0.2, 0) is 5.41 Å². The van der Waals surface area contributed by atoms with Gasteiger partial charge in [-0.05, 0) is 17.4 Å². The zero-order valence-electron chi connectivity index (χ0n) is 13.8. The highest BCUT2D eigenvalue weighted by Gasteiger charge is 2.21. The van der Waals surface area contributed by atoms with Gasteiger partial charge in [-0.3, -0.25) is 4.79 Å². The van der Waals surface area contributed by atoms with Gasteiger partial charge < -0.3 is 5.32 Å². The first-order chi connectivity index (χ1) is 10.3. The van der Waals surface area contributed by atoms with Gasteiger partial charge in [0.05, 0.1) is 11.6 Å². The molecule has 1 amide bonds. The lowest BCUT2D eigenvalue weighted by atomic mass is 9.96. The van der Waals surface area contributed by atoms with Crippen molar-refractivity contribution in [3.05, 3.63) is 46.2 Å². The molecule has 0 aromatic carbocycles. The minimum absolute atomic E-state index is 0.00907. The number of rotatable bonds is 4. The molecule has 2 heterocycles. The molecule has 4 nitrogen and oxygen atoms in total. The third-order valence-corrected chi connectivity index (χ3v) is 4.34. The van der Waals surface area contributed by atoms with E-state index in [9.17, 15) is 4.79 Å². The summed E-state index contributed by atoms with van der Waals surface area (Å²) in [5, 5.41) is 5.11. The Kier molecular flexibility index (Phi) is 4.96.